The highest BCUT2D eigenvalue weighted by Gasteiger charge is 2.38. The Bertz CT molecular complexity index is 1240. The van der Waals surface area contributed by atoms with E-state index in [4.69, 9.17) is 0 Å². The molecule has 0 aliphatic heterocycles. The Kier molecular flexibility index (Phi) is 5.32. The lowest BCUT2D eigenvalue weighted by Gasteiger charge is -2.19. The summed E-state index contributed by atoms with van der Waals surface area (Å²) < 4.78 is 83.7. The van der Waals surface area contributed by atoms with Crippen molar-refractivity contribution in [2.24, 2.45) is 7.05 Å². The Labute approximate surface area is 180 Å². The monoisotopic (exact) mass is 446 g/mol. The van der Waals surface area contributed by atoms with Gasteiger partial charge >= 0.3 is 12.4 Å². The van der Waals surface area contributed by atoms with Crippen LogP contribution in [0.25, 0.3) is 28.2 Å². The molecule has 0 saturated carbocycles. The maximum Gasteiger partial charge on any atom is 0.416 e. The fourth-order valence-electron chi connectivity index (χ4n) is 3.61. The number of hydrogen-bond donors (Lipinski definition) is 0. The maximum absolute atomic E-state index is 13.9. The van der Waals surface area contributed by atoms with Gasteiger partial charge in [0, 0.05) is 0 Å². The molecule has 0 fully saturated rings. The number of halogens is 6. The van der Waals surface area contributed by atoms with Gasteiger partial charge in [-0.25, -0.2) is 0 Å². The first-order valence-corrected chi connectivity index (χ1v) is 9.51. The van der Waals surface area contributed by atoms with Gasteiger partial charge in [-0.05, 0) is 17.2 Å². The van der Waals surface area contributed by atoms with Gasteiger partial charge in [-0.3, -0.25) is 0 Å². The fourth-order valence-corrected chi connectivity index (χ4v) is 3.61. The molecule has 0 aliphatic rings. The molecule has 0 atom stereocenters. The van der Waals surface area contributed by atoms with Crippen LogP contribution in [0.4, 0.5) is 26.3 Å². The third-order valence-electron chi connectivity index (χ3n) is 5.00. The molecule has 1 heterocycles. The minimum Gasteiger partial charge on any atom is -0.318 e. The van der Waals surface area contributed by atoms with E-state index in [1.165, 1.54) is 9.13 Å². The van der Waals surface area contributed by atoms with Crippen molar-refractivity contribution in [2.75, 3.05) is 0 Å². The van der Waals surface area contributed by atoms with Crippen molar-refractivity contribution in [3.8, 4) is 28.2 Å². The summed E-state index contributed by atoms with van der Waals surface area (Å²) in [5, 5.41) is 0. The van der Waals surface area contributed by atoms with E-state index in [0.29, 0.717) is 23.0 Å². The minimum absolute atomic E-state index is 0.139. The second-order valence-corrected chi connectivity index (χ2v) is 7.15. The fraction of sp³-hybridized carbons (Fsp3) is 0.125. The largest absolute Gasteiger partial charge is 0.416 e. The Morgan fingerprint density at radius 3 is 1.81 bits per heavy atom. The number of nitrogens with zero attached hydrogens (tertiary/aromatic N) is 2. The third kappa shape index (κ3) is 4.00. The summed E-state index contributed by atoms with van der Waals surface area (Å²) in [5.74, 6) is 0. The summed E-state index contributed by atoms with van der Waals surface area (Å²) >= 11 is 0. The predicted molar refractivity (Wildman–Crippen MR) is 107 cm³/mol. The number of aryl methyl sites for hydroxylation is 1. The van der Waals surface area contributed by atoms with Crippen LogP contribution in [-0.4, -0.2) is 4.57 Å². The van der Waals surface area contributed by atoms with Crippen LogP contribution in [0.15, 0.2) is 78.9 Å². The van der Waals surface area contributed by atoms with Crippen molar-refractivity contribution in [1.82, 2.24) is 4.57 Å². The molecule has 4 aromatic rings. The van der Waals surface area contributed by atoms with Crippen LogP contribution >= 0.6 is 0 Å². The molecule has 2 nitrogen and oxygen atoms in total. The van der Waals surface area contributed by atoms with Crippen molar-refractivity contribution in [3.05, 3.63) is 96.3 Å². The normalized spacial score (nSPS) is 12.2. The zero-order valence-corrected chi connectivity index (χ0v) is 16.7. The molecule has 0 N–H and O–H groups in total. The molecular formula is C24H16F6N2. The number of benzene rings is 3. The van der Waals surface area contributed by atoms with Gasteiger partial charge in [0.15, 0.2) is 0 Å². The average molecular weight is 446 g/mol. The summed E-state index contributed by atoms with van der Waals surface area (Å²) in [4.78, 5) is 0. The number of aromatic nitrogens is 2. The quantitative estimate of drug-likeness (QED) is 0.194. The Morgan fingerprint density at radius 1 is 0.719 bits per heavy atom. The van der Waals surface area contributed by atoms with Crippen molar-refractivity contribution < 1.29 is 30.9 Å². The van der Waals surface area contributed by atoms with Crippen LogP contribution in [0.2, 0.25) is 0 Å². The zero-order chi connectivity index (χ0) is 23.1. The van der Waals surface area contributed by atoms with Crippen LogP contribution in [0.1, 0.15) is 11.1 Å². The molecule has 4 rings (SSSR count). The molecule has 0 spiro atoms. The lowest BCUT2D eigenvalue weighted by molar-refractivity contribution is -0.664. The number of hydrogen-bond acceptors (Lipinski definition) is 0. The second-order valence-electron chi connectivity index (χ2n) is 7.15. The smallest absolute Gasteiger partial charge is 0.318 e. The molecule has 0 bridgehead atoms. The number of rotatable bonds is 3. The molecule has 8 heteroatoms. The van der Waals surface area contributed by atoms with Gasteiger partial charge in [0.2, 0.25) is 6.33 Å². The molecule has 0 unspecified atom stereocenters. The zero-order valence-electron chi connectivity index (χ0n) is 16.7. The van der Waals surface area contributed by atoms with E-state index in [9.17, 15) is 26.3 Å². The van der Waals surface area contributed by atoms with E-state index < -0.39 is 29.2 Å². The highest BCUT2D eigenvalue weighted by Crippen LogP contribution is 2.41. The van der Waals surface area contributed by atoms with E-state index in [2.05, 4.69) is 6.33 Å². The molecule has 3 aromatic carbocycles. The Balaban J connectivity index is 2.06. The number of imidazole rings is 1. The first-order valence-electron chi connectivity index (χ1n) is 9.51. The average Bonchev–Trinajstić information content (AvgIpc) is 3.10. The first-order chi connectivity index (χ1) is 15.1. The molecule has 0 saturated heterocycles. The van der Waals surface area contributed by atoms with E-state index in [1.54, 1.807) is 61.6 Å². The second kappa shape index (κ2) is 7.85. The van der Waals surface area contributed by atoms with Crippen LogP contribution in [0.5, 0.6) is 0 Å². The van der Waals surface area contributed by atoms with Gasteiger partial charge in [0.1, 0.15) is 0 Å². The van der Waals surface area contributed by atoms with Gasteiger partial charge in [0.05, 0.1) is 35.2 Å². The van der Waals surface area contributed by atoms with E-state index in [-0.39, 0.29) is 6.07 Å². The summed E-state index contributed by atoms with van der Waals surface area (Å²) in [5.41, 5.74) is -0.928. The molecule has 0 amide bonds. The van der Waals surface area contributed by atoms with E-state index in [0.717, 1.165) is 11.6 Å². The Hall–Kier alpha value is -3.55. The Morgan fingerprint density at radius 2 is 1.28 bits per heavy atom. The lowest BCUT2D eigenvalue weighted by atomic mass is 10.0. The standard InChI is InChI=1S/C24H16F6N2/c1-31-15-32(20-13-12-18(23(25,26)27)14-19(20)24(28,29)30)22(17-10-6-3-7-11-17)21(31)16-8-4-2-5-9-16/h2-14H,1H3. The van der Waals surface area contributed by atoms with Gasteiger partial charge in [-0.15, -0.1) is 0 Å². The van der Waals surface area contributed by atoms with Crippen LogP contribution in [0.3, 0.4) is 0 Å². The van der Waals surface area contributed by atoms with Crippen molar-refractivity contribution >= 4 is 0 Å². The van der Waals surface area contributed by atoms with Gasteiger partial charge in [-0.2, -0.15) is 26.3 Å². The SMILES string of the molecule is C[n+]1[c-]n(-c2ccc(C(F)(F)F)cc2C(F)(F)F)c(-c2ccccc2)c1-c1ccccc1. The van der Waals surface area contributed by atoms with Gasteiger partial charge < -0.3 is 9.13 Å². The van der Waals surface area contributed by atoms with Crippen molar-refractivity contribution in [3.63, 3.8) is 0 Å². The van der Waals surface area contributed by atoms with Gasteiger partial charge in [0.25, 0.3) is 0 Å². The molecule has 0 aliphatic carbocycles. The van der Waals surface area contributed by atoms with Crippen molar-refractivity contribution in [2.45, 2.75) is 12.4 Å². The predicted octanol–water partition coefficient (Wildman–Crippen LogP) is 6.47. The minimum atomic E-state index is -5.01. The number of alkyl halides is 6. The lowest BCUT2D eigenvalue weighted by Crippen LogP contribution is -2.28. The van der Waals surface area contributed by atoms with Crippen molar-refractivity contribution in [1.29, 1.82) is 0 Å². The first kappa shape index (κ1) is 21.7. The molecule has 0 radical (unpaired) electrons. The summed E-state index contributed by atoms with van der Waals surface area (Å²) in [6, 6.07) is 19.3. The molecule has 1 aromatic heterocycles. The highest BCUT2D eigenvalue weighted by molar-refractivity contribution is 5.78. The summed E-state index contributed by atoms with van der Waals surface area (Å²) in [6.45, 7) is 0. The van der Waals surface area contributed by atoms with Crippen LogP contribution < -0.4 is 4.57 Å². The van der Waals surface area contributed by atoms with Crippen LogP contribution in [-0.2, 0) is 19.4 Å². The van der Waals surface area contributed by atoms with Crippen LogP contribution in [0, 0.1) is 6.33 Å². The van der Waals surface area contributed by atoms with E-state index >= 15 is 0 Å². The molecule has 164 valence electrons. The van der Waals surface area contributed by atoms with E-state index in [1.807, 2.05) is 6.07 Å². The summed E-state index contributed by atoms with van der Waals surface area (Å²) in [7, 11) is 1.63. The molecule has 32 heavy (non-hydrogen) atoms. The molecular weight excluding hydrogens is 430 g/mol. The highest BCUT2D eigenvalue weighted by atomic mass is 19.4. The maximum atomic E-state index is 13.9. The third-order valence-corrected chi connectivity index (χ3v) is 5.00. The summed E-state index contributed by atoms with van der Waals surface area (Å²) in [6.07, 6.45) is -7.06. The van der Waals surface area contributed by atoms with Gasteiger partial charge in [-0.1, -0.05) is 72.8 Å². The topological polar surface area (TPSA) is 8.81 Å².